The monoisotopic (exact) mass is 993 g/mol. The molecule has 0 aliphatic carbocycles. The Morgan fingerprint density at radius 3 is 2.29 bits per heavy atom. The van der Waals surface area contributed by atoms with Gasteiger partial charge in [0, 0.05) is 79.7 Å². The van der Waals surface area contributed by atoms with Crippen molar-refractivity contribution in [3.8, 4) is 11.5 Å². The highest BCUT2D eigenvalue weighted by Gasteiger charge is 2.39. The lowest BCUT2D eigenvalue weighted by Gasteiger charge is -2.33. The number of methoxy groups -OCH3 is 2. The lowest BCUT2D eigenvalue weighted by Crippen LogP contribution is -2.62. The molecule has 1 fully saturated rings. The fourth-order valence-corrected chi connectivity index (χ4v) is 8.37. The maximum atomic E-state index is 14.8. The first-order valence-electron chi connectivity index (χ1n) is 22.8. The zero-order valence-electron chi connectivity index (χ0n) is 39.7. The molecular weight excluding hydrogens is 939 g/mol. The summed E-state index contributed by atoms with van der Waals surface area (Å²) in [6, 6.07) is 14.8. The smallest absolute Gasteiger partial charge is 0.336 e. The number of aliphatic hydroxyl groups excluding tert-OH is 1. The van der Waals surface area contributed by atoms with Crippen LogP contribution in [0.5, 0.6) is 11.5 Å². The third-order valence-electron chi connectivity index (χ3n) is 12.3. The minimum atomic E-state index is -1.63. The van der Waals surface area contributed by atoms with Crippen LogP contribution in [0.3, 0.4) is 0 Å². The van der Waals surface area contributed by atoms with Gasteiger partial charge in [-0.1, -0.05) is 48.5 Å². The maximum absolute atomic E-state index is 14.8. The van der Waals surface area contributed by atoms with Crippen LogP contribution in [0.2, 0.25) is 0 Å². The number of likely N-dealkylation sites (N-methyl/N-ethyl adjacent to an activating group) is 1. The Labute approximate surface area is 409 Å². The predicted octanol–water partition coefficient (Wildman–Crippen LogP) is 0.462. The third kappa shape index (κ3) is 12.2. The lowest BCUT2D eigenvalue weighted by atomic mass is 10.00. The van der Waals surface area contributed by atoms with Crippen LogP contribution < -0.4 is 53.3 Å². The molecule has 4 heterocycles. The number of ether oxygens (including phenoxy) is 4. The minimum absolute atomic E-state index is 0.0424. The van der Waals surface area contributed by atoms with Crippen LogP contribution in [0.1, 0.15) is 36.3 Å². The fourth-order valence-electron chi connectivity index (χ4n) is 8.37. The van der Waals surface area contributed by atoms with Crippen molar-refractivity contribution < 1.29 is 52.4 Å². The van der Waals surface area contributed by atoms with Gasteiger partial charge in [-0.25, -0.2) is 19.2 Å². The molecule has 0 radical (unpaired) electrons. The Morgan fingerprint density at radius 1 is 0.875 bits per heavy atom. The van der Waals surface area contributed by atoms with Crippen molar-refractivity contribution in [2.24, 2.45) is 5.73 Å². The van der Waals surface area contributed by atoms with Crippen molar-refractivity contribution in [3.05, 3.63) is 139 Å². The second-order valence-electron chi connectivity index (χ2n) is 17.0. The average molecular weight is 994 g/mol. The number of nitrogens with zero attached hydrogens (tertiary/aromatic N) is 2. The number of aliphatic hydroxyl groups is 1. The molecule has 9 N–H and O–H groups in total. The van der Waals surface area contributed by atoms with Gasteiger partial charge >= 0.3 is 23.3 Å². The highest BCUT2D eigenvalue weighted by Crippen LogP contribution is 2.33. The summed E-state index contributed by atoms with van der Waals surface area (Å²) < 4.78 is 29.0. The SMILES string of the molecule is COc1cc2oc(=O)cc(C[C@H](NC(=O)N[C@@H](Cc3c[nH]c4ccccc34)C(=O)OCc3ccccc3)C(=O)N[C@H](C(=O)NC[C@H]3C[C@@H](O)[C@H](n4ccc(=O)[nH]c4=O)O3)[C@H](C)N(C)C(=O)CN)c2cc1OC. The summed E-state index contributed by atoms with van der Waals surface area (Å²) in [5.41, 5.74) is 5.79. The Hall–Kier alpha value is -8.28. The number of urea groups is 1. The van der Waals surface area contributed by atoms with Crippen molar-refractivity contribution in [2.45, 2.75) is 75.4 Å². The molecule has 23 heteroatoms. The molecule has 6 aromatic rings. The van der Waals surface area contributed by atoms with Gasteiger partial charge in [-0.2, -0.15) is 0 Å². The van der Waals surface area contributed by atoms with E-state index in [-0.39, 0.29) is 48.6 Å². The van der Waals surface area contributed by atoms with E-state index in [9.17, 15) is 43.5 Å². The van der Waals surface area contributed by atoms with E-state index in [1.807, 2.05) is 30.3 Å². The van der Waals surface area contributed by atoms with E-state index in [1.54, 1.807) is 30.5 Å². The van der Waals surface area contributed by atoms with Crippen LogP contribution in [0, 0.1) is 0 Å². The topological polar surface area (TPSA) is 321 Å². The number of H-pyrrole nitrogens is 2. The van der Waals surface area contributed by atoms with E-state index in [2.05, 4.69) is 31.2 Å². The van der Waals surface area contributed by atoms with E-state index in [1.165, 1.54) is 40.3 Å². The fraction of sp³-hybridized carbons (Fsp3) is 0.347. The highest BCUT2D eigenvalue weighted by atomic mass is 16.5. The lowest BCUT2D eigenvalue weighted by molar-refractivity contribution is -0.147. The van der Waals surface area contributed by atoms with Gasteiger partial charge in [0.25, 0.3) is 5.56 Å². The van der Waals surface area contributed by atoms with Crippen LogP contribution in [-0.2, 0) is 48.1 Å². The predicted molar refractivity (Wildman–Crippen MR) is 259 cm³/mol. The Kier molecular flexibility index (Phi) is 16.5. The molecule has 1 saturated heterocycles. The number of hydrogen-bond acceptors (Lipinski definition) is 15. The molecular formula is C49H55N9O14. The van der Waals surface area contributed by atoms with Crippen molar-refractivity contribution in [2.75, 3.05) is 34.4 Å². The number of esters is 1. The molecule has 1 aliphatic rings. The van der Waals surface area contributed by atoms with E-state index in [0.29, 0.717) is 16.5 Å². The van der Waals surface area contributed by atoms with Crippen LogP contribution in [-0.4, -0.2) is 125 Å². The summed E-state index contributed by atoms with van der Waals surface area (Å²) in [5, 5.41) is 22.5. The Morgan fingerprint density at radius 2 is 1.57 bits per heavy atom. The van der Waals surface area contributed by atoms with Crippen molar-refractivity contribution in [3.63, 3.8) is 0 Å². The molecule has 0 unspecified atom stereocenters. The maximum Gasteiger partial charge on any atom is 0.336 e. The number of hydrogen-bond donors (Lipinski definition) is 8. The standard InChI is InChI=1S/C49H55N9O14/c1-26(57(2)41(61)22-50)43(45(64)52-24-30-19-36(59)46(71-30)58-15-14-40(60)55-49(58)67)56-44(63)34(16-28-18-42(62)72-37-21-39(69-4)38(68-3)20-32(28)37)53-48(66)54-35(47(65)70-25-27-10-6-5-7-11-27)17-29-23-51-33-13-9-8-12-31(29)33/h5-15,18,20-21,23,26,30,34-36,43,46,51,59H,16-17,19,22,24-25,50H2,1-4H3,(H,52,64)(H,56,63)(H2,53,54,66)(H,55,60,67)/t26-,30+,34-,35-,36+,43-,46+/m0/s1. The quantitative estimate of drug-likeness (QED) is 0.0381. The molecule has 0 saturated carbocycles. The number of amides is 5. The van der Waals surface area contributed by atoms with Gasteiger partial charge in [0.15, 0.2) is 17.7 Å². The second-order valence-corrected chi connectivity index (χ2v) is 17.0. The molecule has 72 heavy (non-hydrogen) atoms. The summed E-state index contributed by atoms with van der Waals surface area (Å²) >= 11 is 0. The number of benzene rings is 3. The number of aromatic amines is 2. The molecule has 1 aliphatic heterocycles. The minimum Gasteiger partial charge on any atom is -0.493 e. The van der Waals surface area contributed by atoms with Crippen molar-refractivity contribution in [1.82, 2.24) is 40.7 Å². The molecule has 0 spiro atoms. The zero-order valence-corrected chi connectivity index (χ0v) is 39.7. The number of aromatic nitrogens is 3. The van der Waals surface area contributed by atoms with E-state index < -0.39 is 102 Å². The first kappa shape index (κ1) is 51.6. The second kappa shape index (κ2) is 23.1. The molecule has 0 bridgehead atoms. The van der Waals surface area contributed by atoms with Crippen molar-refractivity contribution >= 4 is 51.6 Å². The van der Waals surface area contributed by atoms with Gasteiger partial charge < -0.3 is 65.4 Å². The molecule has 380 valence electrons. The summed E-state index contributed by atoms with van der Waals surface area (Å²) in [7, 11) is 4.16. The number of carbonyl (C=O) groups is 5. The van der Waals surface area contributed by atoms with Gasteiger partial charge in [-0.05, 0) is 35.7 Å². The Bertz CT molecular complexity index is 3120. The molecule has 3 aromatic heterocycles. The molecule has 7 rings (SSSR count). The van der Waals surface area contributed by atoms with Gasteiger partial charge in [0.2, 0.25) is 17.7 Å². The van der Waals surface area contributed by atoms with Crippen molar-refractivity contribution in [1.29, 1.82) is 0 Å². The average Bonchev–Trinajstić information content (AvgIpc) is 3.96. The van der Waals surface area contributed by atoms with E-state index >= 15 is 0 Å². The highest BCUT2D eigenvalue weighted by molar-refractivity contribution is 5.94. The van der Waals surface area contributed by atoms with Gasteiger partial charge in [-0.3, -0.25) is 28.7 Å². The number of nitrogens with two attached hydrogens (primary N) is 1. The number of fused-ring (bicyclic) bond motifs is 2. The van der Waals surface area contributed by atoms with Crippen LogP contribution in [0.15, 0.2) is 110 Å². The van der Waals surface area contributed by atoms with Crippen LogP contribution >= 0.6 is 0 Å². The van der Waals surface area contributed by atoms with E-state index in [4.69, 9.17) is 29.1 Å². The van der Waals surface area contributed by atoms with Gasteiger partial charge in [0.1, 0.15) is 36.4 Å². The van der Waals surface area contributed by atoms with Gasteiger partial charge in [0.05, 0.1) is 32.9 Å². The molecule has 7 atom stereocenters. The molecule has 3 aromatic carbocycles. The molecule has 5 amide bonds. The first-order chi connectivity index (χ1) is 34.6. The third-order valence-corrected chi connectivity index (χ3v) is 12.3. The zero-order chi connectivity index (χ0) is 51.6. The van der Waals surface area contributed by atoms with Crippen LogP contribution in [0.4, 0.5) is 4.79 Å². The summed E-state index contributed by atoms with van der Waals surface area (Å²) in [5.74, 6) is -2.71. The number of rotatable bonds is 20. The summed E-state index contributed by atoms with van der Waals surface area (Å²) in [4.78, 5) is 114. The van der Waals surface area contributed by atoms with Gasteiger partial charge in [-0.15, -0.1) is 0 Å². The van der Waals surface area contributed by atoms with E-state index in [0.717, 1.165) is 38.7 Å². The number of nitrogens with one attached hydrogen (secondary N) is 6. The summed E-state index contributed by atoms with van der Waals surface area (Å²) in [6.45, 7) is 0.672. The number of carbonyl (C=O) groups excluding carboxylic acids is 5. The largest absolute Gasteiger partial charge is 0.493 e. The summed E-state index contributed by atoms with van der Waals surface area (Å²) in [6.07, 6.45) is -0.930. The number of para-hydroxylation sites is 1. The Balaban J connectivity index is 1.19. The first-order valence-corrected chi connectivity index (χ1v) is 22.8. The normalized spacial score (nSPS) is 17.0. The molecule has 23 nitrogen and oxygen atoms in total. The van der Waals surface area contributed by atoms with Crippen LogP contribution in [0.25, 0.3) is 21.9 Å².